The molecule has 19 heavy (non-hydrogen) atoms. The van der Waals surface area contributed by atoms with Gasteiger partial charge < -0.3 is 5.32 Å². The first-order valence-corrected chi connectivity index (χ1v) is 6.94. The molecule has 0 aliphatic heterocycles. The SMILES string of the molecule is Cc1nn(-c2ccncc2)c(C)c1CCNC1CC1. The molecule has 1 fully saturated rings. The molecular formula is C15H20N4. The van der Waals surface area contributed by atoms with E-state index in [-0.39, 0.29) is 0 Å². The quantitative estimate of drug-likeness (QED) is 0.891. The van der Waals surface area contributed by atoms with Crippen LogP contribution >= 0.6 is 0 Å². The van der Waals surface area contributed by atoms with Gasteiger partial charge in [0, 0.05) is 24.1 Å². The van der Waals surface area contributed by atoms with Crippen molar-refractivity contribution in [3.8, 4) is 5.69 Å². The van der Waals surface area contributed by atoms with Crippen molar-refractivity contribution in [1.29, 1.82) is 0 Å². The number of hydrogen-bond acceptors (Lipinski definition) is 3. The van der Waals surface area contributed by atoms with Crippen LogP contribution in [0.2, 0.25) is 0 Å². The van der Waals surface area contributed by atoms with E-state index in [0.29, 0.717) is 0 Å². The highest BCUT2D eigenvalue weighted by molar-refractivity contribution is 5.35. The standard InChI is InChI=1S/C15H20N4/c1-11-15(7-10-17-13-3-4-13)12(2)19(18-11)14-5-8-16-9-6-14/h5-6,8-9,13,17H,3-4,7,10H2,1-2H3. The van der Waals surface area contributed by atoms with Crippen molar-refractivity contribution in [2.45, 2.75) is 39.2 Å². The predicted molar refractivity (Wildman–Crippen MR) is 75.6 cm³/mol. The van der Waals surface area contributed by atoms with E-state index in [9.17, 15) is 0 Å². The van der Waals surface area contributed by atoms with Gasteiger partial charge >= 0.3 is 0 Å². The normalized spacial score (nSPS) is 14.8. The van der Waals surface area contributed by atoms with E-state index in [4.69, 9.17) is 0 Å². The number of hydrogen-bond donors (Lipinski definition) is 1. The third-order valence-electron chi connectivity index (χ3n) is 3.73. The van der Waals surface area contributed by atoms with Crippen LogP contribution in [0.3, 0.4) is 0 Å². The van der Waals surface area contributed by atoms with Crippen LogP contribution in [0.25, 0.3) is 5.69 Å². The summed E-state index contributed by atoms with van der Waals surface area (Å²) in [5.41, 5.74) is 4.81. The summed E-state index contributed by atoms with van der Waals surface area (Å²) in [5, 5.41) is 8.22. The minimum absolute atomic E-state index is 0.774. The van der Waals surface area contributed by atoms with Crippen LogP contribution in [0.5, 0.6) is 0 Å². The van der Waals surface area contributed by atoms with Gasteiger partial charge in [0.15, 0.2) is 0 Å². The van der Waals surface area contributed by atoms with Gasteiger partial charge in [-0.1, -0.05) is 0 Å². The molecule has 2 aromatic rings. The van der Waals surface area contributed by atoms with Crippen molar-refractivity contribution in [3.05, 3.63) is 41.5 Å². The highest BCUT2D eigenvalue weighted by Crippen LogP contribution is 2.20. The van der Waals surface area contributed by atoms with Crippen LogP contribution < -0.4 is 5.32 Å². The number of nitrogens with zero attached hydrogens (tertiary/aromatic N) is 3. The van der Waals surface area contributed by atoms with Crippen molar-refractivity contribution in [1.82, 2.24) is 20.1 Å². The number of rotatable bonds is 5. The number of aromatic nitrogens is 3. The maximum Gasteiger partial charge on any atom is 0.0679 e. The second kappa shape index (κ2) is 5.13. The smallest absolute Gasteiger partial charge is 0.0679 e. The van der Waals surface area contributed by atoms with Crippen molar-refractivity contribution in [3.63, 3.8) is 0 Å². The van der Waals surface area contributed by atoms with E-state index in [1.165, 1.54) is 24.1 Å². The Morgan fingerprint density at radius 1 is 1.26 bits per heavy atom. The number of pyridine rings is 1. The predicted octanol–water partition coefficient (Wildman–Crippen LogP) is 2.18. The summed E-state index contributed by atoms with van der Waals surface area (Å²) in [5.74, 6) is 0. The topological polar surface area (TPSA) is 42.7 Å². The van der Waals surface area contributed by atoms with Gasteiger partial charge in [-0.25, -0.2) is 4.68 Å². The first-order valence-electron chi connectivity index (χ1n) is 6.94. The maximum atomic E-state index is 4.65. The lowest BCUT2D eigenvalue weighted by molar-refractivity contribution is 0.679. The molecule has 0 atom stereocenters. The molecule has 1 saturated carbocycles. The van der Waals surface area contributed by atoms with Gasteiger partial charge in [0.2, 0.25) is 0 Å². The number of aryl methyl sites for hydroxylation is 1. The lowest BCUT2D eigenvalue weighted by Crippen LogP contribution is -2.19. The summed E-state index contributed by atoms with van der Waals surface area (Å²) in [4.78, 5) is 4.05. The van der Waals surface area contributed by atoms with E-state index in [1.807, 2.05) is 16.8 Å². The van der Waals surface area contributed by atoms with Gasteiger partial charge in [-0.15, -0.1) is 0 Å². The summed E-state index contributed by atoms with van der Waals surface area (Å²) in [6.07, 6.45) is 7.35. The molecular weight excluding hydrogens is 236 g/mol. The Hall–Kier alpha value is -1.68. The maximum absolute atomic E-state index is 4.65. The highest BCUT2D eigenvalue weighted by Gasteiger charge is 2.20. The first kappa shape index (κ1) is 12.4. The van der Waals surface area contributed by atoms with Crippen LogP contribution in [0.4, 0.5) is 0 Å². The van der Waals surface area contributed by atoms with Gasteiger partial charge in [-0.05, 0) is 57.4 Å². The van der Waals surface area contributed by atoms with Gasteiger partial charge in [0.1, 0.15) is 0 Å². The van der Waals surface area contributed by atoms with Crippen LogP contribution in [0.15, 0.2) is 24.5 Å². The van der Waals surface area contributed by atoms with Gasteiger partial charge in [-0.3, -0.25) is 4.98 Å². The Morgan fingerprint density at radius 2 is 2.00 bits per heavy atom. The first-order chi connectivity index (χ1) is 9.25. The molecule has 4 heteroatoms. The lowest BCUT2D eigenvalue weighted by atomic mass is 10.1. The van der Waals surface area contributed by atoms with Crippen LogP contribution in [-0.4, -0.2) is 27.4 Å². The highest BCUT2D eigenvalue weighted by atomic mass is 15.3. The Labute approximate surface area is 113 Å². The molecule has 0 bridgehead atoms. The fourth-order valence-corrected chi connectivity index (χ4v) is 2.46. The van der Waals surface area contributed by atoms with Gasteiger partial charge in [0.05, 0.1) is 11.4 Å². The molecule has 0 radical (unpaired) electrons. The van der Waals surface area contributed by atoms with Crippen LogP contribution in [0.1, 0.15) is 29.8 Å². The molecule has 100 valence electrons. The Bertz CT molecular complexity index is 555. The summed E-state index contributed by atoms with van der Waals surface area (Å²) < 4.78 is 2.02. The minimum Gasteiger partial charge on any atom is -0.314 e. The zero-order chi connectivity index (χ0) is 13.2. The van der Waals surface area contributed by atoms with Gasteiger partial charge in [0.25, 0.3) is 0 Å². The van der Waals surface area contributed by atoms with Crippen molar-refractivity contribution >= 4 is 0 Å². The molecule has 0 spiro atoms. The summed E-state index contributed by atoms with van der Waals surface area (Å²) in [7, 11) is 0. The van der Waals surface area contributed by atoms with E-state index in [0.717, 1.165) is 30.4 Å². The minimum atomic E-state index is 0.774. The largest absolute Gasteiger partial charge is 0.314 e. The van der Waals surface area contributed by atoms with Crippen molar-refractivity contribution < 1.29 is 0 Å². The molecule has 1 aliphatic carbocycles. The fourth-order valence-electron chi connectivity index (χ4n) is 2.46. The Morgan fingerprint density at radius 3 is 2.68 bits per heavy atom. The van der Waals surface area contributed by atoms with Crippen LogP contribution in [0, 0.1) is 13.8 Å². The molecule has 2 heterocycles. The zero-order valence-corrected chi connectivity index (χ0v) is 11.6. The third-order valence-corrected chi connectivity index (χ3v) is 3.73. The molecule has 0 saturated heterocycles. The van der Waals surface area contributed by atoms with E-state index in [1.54, 1.807) is 12.4 Å². The third kappa shape index (κ3) is 2.68. The Kier molecular flexibility index (Phi) is 3.34. The molecule has 3 rings (SSSR count). The molecule has 0 unspecified atom stereocenters. The average molecular weight is 256 g/mol. The molecule has 0 amide bonds. The fraction of sp³-hybridized carbons (Fsp3) is 0.467. The molecule has 2 aromatic heterocycles. The molecule has 1 N–H and O–H groups in total. The van der Waals surface area contributed by atoms with Crippen molar-refractivity contribution in [2.75, 3.05) is 6.54 Å². The summed E-state index contributed by atoms with van der Waals surface area (Å²) in [6.45, 7) is 5.29. The molecule has 4 nitrogen and oxygen atoms in total. The van der Waals surface area contributed by atoms with E-state index < -0.39 is 0 Å². The van der Waals surface area contributed by atoms with Crippen molar-refractivity contribution in [2.24, 2.45) is 0 Å². The molecule has 1 aliphatic rings. The average Bonchev–Trinajstić information content (AvgIpc) is 3.20. The molecule has 0 aromatic carbocycles. The zero-order valence-electron chi connectivity index (χ0n) is 11.6. The second-order valence-corrected chi connectivity index (χ2v) is 5.24. The van der Waals surface area contributed by atoms with E-state index in [2.05, 4.69) is 29.2 Å². The Balaban J connectivity index is 1.79. The monoisotopic (exact) mass is 256 g/mol. The summed E-state index contributed by atoms with van der Waals surface area (Å²) in [6, 6.07) is 4.76. The lowest BCUT2D eigenvalue weighted by Gasteiger charge is -2.05. The van der Waals surface area contributed by atoms with Gasteiger partial charge in [-0.2, -0.15) is 5.10 Å². The van der Waals surface area contributed by atoms with E-state index >= 15 is 0 Å². The second-order valence-electron chi connectivity index (χ2n) is 5.24. The van der Waals surface area contributed by atoms with Crippen LogP contribution in [-0.2, 0) is 6.42 Å². The summed E-state index contributed by atoms with van der Waals surface area (Å²) >= 11 is 0. The number of nitrogens with one attached hydrogen (secondary N) is 1.